The number of allylic oxidation sites excluding steroid dienone is 6. The van der Waals surface area contributed by atoms with E-state index in [1.165, 1.54) is 38.5 Å². The molecule has 0 aliphatic carbocycles. The second-order valence-electron chi connectivity index (χ2n) is 16.9. The average molecular weight is 901 g/mol. The second-order valence-corrected chi connectivity index (χ2v) is 16.9. The van der Waals surface area contributed by atoms with Gasteiger partial charge in [0.1, 0.15) is 55.4 Å². The van der Waals surface area contributed by atoms with Gasteiger partial charge in [-0.1, -0.05) is 115 Å². The first-order valence-electron chi connectivity index (χ1n) is 24.1. The minimum Gasteiger partial charge on any atom is -0.462 e. The Morgan fingerprint density at radius 2 is 0.952 bits per heavy atom. The lowest BCUT2D eigenvalue weighted by Crippen LogP contribution is -2.61. The molecule has 0 radical (unpaired) electrons. The van der Waals surface area contributed by atoms with E-state index in [4.69, 9.17) is 28.4 Å². The topological polar surface area (TPSA) is 231 Å². The van der Waals surface area contributed by atoms with Gasteiger partial charge in [-0.15, -0.1) is 0 Å². The third kappa shape index (κ3) is 24.7. The minimum absolute atomic E-state index is 0.147. The van der Waals surface area contributed by atoms with Crippen molar-refractivity contribution in [3.63, 3.8) is 0 Å². The van der Waals surface area contributed by atoms with Crippen LogP contribution in [0.1, 0.15) is 162 Å². The first-order chi connectivity index (χ1) is 30.5. The van der Waals surface area contributed by atoms with Gasteiger partial charge >= 0.3 is 11.9 Å². The third-order valence-electron chi connectivity index (χ3n) is 11.3. The van der Waals surface area contributed by atoms with Crippen molar-refractivity contribution >= 4 is 11.9 Å². The molecular formula is C48H84O15. The summed E-state index contributed by atoms with van der Waals surface area (Å²) in [5.41, 5.74) is 0. The van der Waals surface area contributed by atoms with Gasteiger partial charge < -0.3 is 64.2 Å². The maximum absolute atomic E-state index is 13.0. The quantitative estimate of drug-likeness (QED) is 0.0225. The highest BCUT2D eigenvalue weighted by Crippen LogP contribution is 2.26. The number of carbonyl (C=O) groups excluding carboxylic acids is 2. The summed E-state index contributed by atoms with van der Waals surface area (Å²) in [5, 5.41) is 71.9. The molecule has 2 saturated heterocycles. The summed E-state index contributed by atoms with van der Waals surface area (Å²) < 4.78 is 33.5. The maximum Gasteiger partial charge on any atom is 0.306 e. The Balaban J connectivity index is 1.85. The van der Waals surface area contributed by atoms with Crippen LogP contribution in [-0.4, -0.2) is 142 Å². The van der Waals surface area contributed by atoms with Crippen molar-refractivity contribution in [2.24, 2.45) is 0 Å². The first kappa shape index (κ1) is 56.8. The lowest BCUT2D eigenvalue weighted by Gasteiger charge is -2.42. The van der Waals surface area contributed by atoms with Gasteiger partial charge in [0, 0.05) is 12.8 Å². The molecule has 366 valence electrons. The van der Waals surface area contributed by atoms with Crippen molar-refractivity contribution in [1.29, 1.82) is 0 Å². The SMILES string of the molecule is CCCCC/C=C/C/C=C/CCCCCCCC(=O)O[C@H](COC(=O)CCCCCCC/C=C/CCCCC)CO[C@@H]1O[C@H](CO[C@@H]2O[C@H](CO)[C@H](O)C(O)C2O)[C@H](O)C(O)C1O. The normalized spacial score (nSPS) is 27.1. The maximum atomic E-state index is 13.0. The minimum atomic E-state index is -1.77. The summed E-state index contributed by atoms with van der Waals surface area (Å²) in [7, 11) is 0. The van der Waals surface area contributed by atoms with E-state index in [0.29, 0.717) is 12.8 Å². The van der Waals surface area contributed by atoms with Crippen LogP contribution < -0.4 is 0 Å². The van der Waals surface area contributed by atoms with Crippen LogP contribution in [0.2, 0.25) is 0 Å². The Labute approximate surface area is 376 Å². The van der Waals surface area contributed by atoms with E-state index < -0.39 is 92.7 Å². The van der Waals surface area contributed by atoms with Gasteiger partial charge in [0.2, 0.25) is 0 Å². The number of hydrogen-bond acceptors (Lipinski definition) is 15. The standard InChI is InChI=1S/C48H84O15/c1-3-5-7-9-11-13-15-17-18-19-21-23-25-27-29-31-40(51)61-36(33-58-39(50)30-28-26-24-22-20-16-14-12-10-8-6-4-2)34-59-47-46(57)44(55)42(53)38(63-47)35-60-48-45(56)43(54)41(52)37(32-49)62-48/h11-14,17-18,36-38,41-49,52-57H,3-10,15-16,19-35H2,1-2H3/b13-11+,14-12+,18-17+/t36-,37-,38-,41+,42+,43?,44?,45?,46?,47-,48-/m1/s1. The molecule has 2 fully saturated rings. The Morgan fingerprint density at radius 1 is 0.508 bits per heavy atom. The average Bonchev–Trinajstić information content (AvgIpc) is 3.28. The van der Waals surface area contributed by atoms with Crippen molar-refractivity contribution < 1.29 is 73.8 Å². The molecule has 0 amide bonds. The predicted molar refractivity (Wildman–Crippen MR) is 238 cm³/mol. The lowest BCUT2D eigenvalue weighted by atomic mass is 9.98. The monoisotopic (exact) mass is 901 g/mol. The molecule has 63 heavy (non-hydrogen) atoms. The van der Waals surface area contributed by atoms with Crippen LogP contribution in [-0.2, 0) is 38.0 Å². The van der Waals surface area contributed by atoms with Gasteiger partial charge in [0.15, 0.2) is 18.7 Å². The molecule has 0 bridgehead atoms. The fourth-order valence-electron chi connectivity index (χ4n) is 7.30. The van der Waals surface area contributed by atoms with E-state index in [0.717, 1.165) is 83.5 Å². The van der Waals surface area contributed by atoms with Crippen LogP contribution in [0.15, 0.2) is 36.5 Å². The zero-order valence-electron chi connectivity index (χ0n) is 38.3. The molecule has 2 heterocycles. The van der Waals surface area contributed by atoms with Crippen molar-refractivity contribution in [2.45, 2.75) is 229 Å². The lowest BCUT2D eigenvalue weighted by molar-refractivity contribution is -0.332. The zero-order chi connectivity index (χ0) is 46.1. The number of hydrogen-bond donors (Lipinski definition) is 7. The van der Waals surface area contributed by atoms with Gasteiger partial charge in [-0.05, 0) is 70.6 Å². The molecule has 0 saturated carbocycles. The fourth-order valence-corrected chi connectivity index (χ4v) is 7.30. The molecule has 2 aliphatic heterocycles. The summed E-state index contributed by atoms with van der Waals surface area (Å²) in [4.78, 5) is 25.7. The molecule has 7 N–H and O–H groups in total. The summed E-state index contributed by atoms with van der Waals surface area (Å²) in [6, 6.07) is 0. The van der Waals surface area contributed by atoms with Crippen LogP contribution in [0.25, 0.3) is 0 Å². The Bertz CT molecular complexity index is 1240. The van der Waals surface area contributed by atoms with Crippen molar-refractivity contribution in [3.05, 3.63) is 36.5 Å². The largest absolute Gasteiger partial charge is 0.462 e. The van der Waals surface area contributed by atoms with E-state index in [1.54, 1.807) is 0 Å². The molecule has 0 aromatic rings. The molecule has 11 atom stereocenters. The van der Waals surface area contributed by atoms with E-state index >= 15 is 0 Å². The van der Waals surface area contributed by atoms with Crippen molar-refractivity contribution in [2.75, 3.05) is 26.4 Å². The number of ether oxygens (including phenoxy) is 6. The molecule has 0 spiro atoms. The molecular weight excluding hydrogens is 817 g/mol. The highest BCUT2D eigenvalue weighted by Gasteiger charge is 2.47. The fraction of sp³-hybridized carbons (Fsp3) is 0.833. The summed E-state index contributed by atoms with van der Waals surface area (Å²) in [5.74, 6) is -0.954. The van der Waals surface area contributed by atoms with Gasteiger partial charge in [0.05, 0.1) is 19.8 Å². The van der Waals surface area contributed by atoms with Gasteiger partial charge in [0.25, 0.3) is 0 Å². The van der Waals surface area contributed by atoms with Crippen LogP contribution in [0.3, 0.4) is 0 Å². The Morgan fingerprint density at radius 3 is 1.49 bits per heavy atom. The third-order valence-corrected chi connectivity index (χ3v) is 11.3. The molecule has 2 rings (SSSR count). The summed E-state index contributed by atoms with van der Waals surface area (Å²) in [6.07, 6.45) is 18.9. The van der Waals surface area contributed by atoms with E-state index in [2.05, 4.69) is 50.3 Å². The number of esters is 2. The van der Waals surface area contributed by atoms with Gasteiger partial charge in [-0.3, -0.25) is 9.59 Å². The van der Waals surface area contributed by atoms with E-state index in [-0.39, 0.29) is 26.1 Å². The number of aliphatic hydroxyl groups is 7. The Kier molecular flexibility index (Phi) is 32.4. The van der Waals surface area contributed by atoms with Crippen LogP contribution >= 0.6 is 0 Å². The molecule has 0 aromatic heterocycles. The molecule has 0 aromatic carbocycles. The number of aliphatic hydroxyl groups excluding tert-OH is 7. The number of rotatable bonds is 36. The highest BCUT2D eigenvalue weighted by molar-refractivity contribution is 5.70. The van der Waals surface area contributed by atoms with E-state index in [9.17, 15) is 45.3 Å². The van der Waals surface area contributed by atoms with Gasteiger partial charge in [-0.2, -0.15) is 0 Å². The van der Waals surface area contributed by atoms with Crippen molar-refractivity contribution in [1.82, 2.24) is 0 Å². The second kappa shape index (κ2) is 35.9. The predicted octanol–water partition coefficient (Wildman–Crippen LogP) is 5.76. The Hall–Kier alpha value is -2.28. The number of unbranched alkanes of at least 4 members (excludes halogenated alkanes) is 16. The molecule has 4 unspecified atom stereocenters. The van der Waals surface area contributed by atoms with Crippen LogP contribution in [0, 0.1) is 0 Å². The smallest absolute Gasteiger partial charge is 0.306 e. The number of carbonyl (C=O) groups is 2. The van der Waals surface area contributed by atoms with Crippen molar-refractivity contribution in [3.8, 4) is 0 Å². The first-order valence-corrected chi connectivity index (χ1v) is 24.1. The summed E-state index contributed by atoms with van der Waals surface area (Å²) in [6.45, 7) is 2.50. The molecule has 15 heteroatoms. The highest BCUT2D eigenvalue weighted by atomic mass is 16.7. The summed E-state index contributed by atoms with van der Waals surface area (Å²) >= 11 is 0. The zero-order valence-corrected chi connectivity index (χ0v) is 38.3. The van der Waals surface area contributed by atoms with Crippen LogP contribution in [0.5, 0.6) is 0 Å². The molecule has 15 nitrogen and oxygen atoms in total. The van der Waals surface area contributed by atoms with Gasteiger partial charge in [-0.25, -0.2) is 0 Å². The van der Waals surface area contributed by atoms with Crippen LogP contribution in [0.4, 0.5) is 0 Å². The van der Waals surface area contributed by atoms with E-state index in [1.807, 2.05) is 0 Å². The molecule has 2 aliphatic rings.